The van der Waals surface area contributed by atoms with E-state index in [2.05, 4.69) is 0 Å². The van der Waals surface area contributed by atoms with Crippen LogP contribution in [0.5, 0.6) is 0 Å². The minimum absolute atomic E-state index is 0.167. The fourth-order valence-corrected chi connectivity index (χ4v) is 0.999. The zero-order valence-corrected chi connectivity index (χ0v) is 6.39. The Kier molecular flexibility index (Phi) is 3.09. The van der Waals surface area contributed by atoms with E-state index in [-0.39, 0.29) is 5.82 Å². The highest BCUT2D eigenvalue weighted by atomic mass is 19.1. The van der Waals surface area contributed by atoms with E-state index in [0.29, 0.717) is 6.42 Å². The van der Waals surface area contributed by atoms with E-state index in [1.54, 1.807) is 12.1 Å². The molecule has 0 heterocycles. The largest absolute Gasteiger partial charge is 0.207 e. The Morgan fingerprint density at radius 1 is 1.36 bits per heavy atom. The molecule has 0 amide bonds. The lowest BCUT2D eigenvalue weighted by Crippen LogP contribution is -1.84. The van der Waals surface area contributed by atoms with Gasteiger partial charge < -0.3 is 0 Å². The molecule has 0 nitrogen and oxygen atoms in total. The maximum Gasteiger partial charge on any atom is 0.123 e. The number of hydrogen-bond donors (Lipinski definition) is 0. The summed E-state index contributed by atoms with van der Waals surface area (Å²) >= 11 is 0. The molecular formula is C10H11F. The standard InChI is InChI=1S/C10H11F/c1-2-3-5-9-6-4-7-10(11)8-9/h1,4,6-8H,2-3,5H2. The third-order valence-electron chi connectivity index (χ3n) is 1.56. The van der Waals surface area contributed by atoms with E-state index in [0.717, 1.165) is 18.4 Å². The summed E-state index contributed by atoms with van der Waals surface area (Å²) in [7, 11) is 0. The summed E-state index contributed by atoms with van der Waals surface area (Å²) in [5.74, 6) is -0.167. The summed E-state index contributed by atoms with van der Waals surface area (Å²) in [5.41, 5.74) is 1.02. The maximum atomic E-state index is 12.6. The average molecular weight is 150 g/mol. The first-order chi connectivity index (χ1) is 5.33. The molecule has 1 rings (SSSR count). The van der Waals surface area contributed by atoms with Gasteiger partial charge in [-0.3, -0.25) is 0 Å². The van der Waals surface area contributed by atoms with E-state index < -0.39 is 0 Å². The first-order valence-corrected chi connectivity index (χ1v) is 3.77. The first-order valence-electron chi connectivity index (χ1n) is 3.77. The van der Waals surface area contributed by atoms with Crippen molar-refractivity contribution < 1.29 is 4.39 Å². The van der Waals surface area contributed by atoms with Crippen LogP contribution >= 0.6 is 0 Å². The molecular weight excluding hydrogens is 139 g/mol. The van der Waals surface area contributed by atoms with Gasteiger partial charge in [-0.15, -0.1) is 0 Å². The number of benzene rings is 1. The molecule has 1 aromatic rings. The van der Waals surface area contributed by atoms with Crippen molar-refractivity contribution >= 4 is 0 Å². The van der Waals surface area contributed by atoms with E-state index in [9.17, 15) is 4.39 Å². The Balaban J connectivity index is 2.56. The third kappa shape index (κ3) is 2.71. The Hall–Kier alpha value is -0.850. The lowest BCUT2D eigenvalue weighted by atomic mass is 10.1. The van der Waals surface area contributed by atoms with Crippen LogP contribution in [0, 0.1) is 12.7 Å². The summed E-state index contributed by atoms with van der Waals surface area (Å²) in [4.78, 5) is 0. The normalized spacial score (nSPS) is 10.0. The van der Waals surface area contributed by atoms with Crippen LogP contribution in [0.4, 0.5) is 4.39 Å². The third-order valence-corrected chi connectivity index (χ3v) is 1.56. The smallest absolute Gasteiger partial charge is 0.123 e. The monoisotopic (exact) mass is 150 g/mol. The van der Waals surface area contributed by atoms with Gasteiger partial charge in [-0.05, 0) is 43.9 Å². The molecule has 0 aromatic heterocycles. The fraction of sp³-hybridized carbons (Fsp3) is 0.300. The summed E-state index contributed by atoms with van der Waals surface area (Å²) in [6, 6.07) is 6.64. The van der Waals surface area contributed by atoms with Gasteiger partial charge in [0.25, 0.3) is 0 Å². The van der Waals surface area contributed by atoms with E-state index in [4.69, 9.17) is 6.92 Å². The molecule has 0 aliphatic rings. The second-order valence-electron chi connectivity index (χ2n) is 2.52. The van der Waals surface area contributed by atoms with Gasteiger partial charge in [0.2, 0.25) is 0 Å². The van der Waals surface area contributed by atoms with Crippen LogP contribution in [0.15, 0.2) is 24.3 Å². The van der Waals surface area contributed by atoms with E-state index in [1.165, 1.54) is 6.07 Å². The molecule has 0 atom stereocenters. The highest BCUT2D eigenvalue weighted by molar-refractivity contribution is 5.16. The quantitative estimate of drug-likeness (QED) is 0.621. The van der Waals surface area contributed by atoms with E-state index in [1.807, 2.05) is 6.07 Å². The molecule has 0 N–H and O–H groups in total. The average Bonchev–Trinajstić information content (AvgIpc) is 2.01. The zero-order valence-electron chi connectivity index (χ0n) is 6.39. The molecule has 1 aromatic carbocycles. The maximum absolute atomic E-state index is 12.6. The number of halogens is 1. The number of hydrogen-bond acceptors (Lipinski definition) is 0. The molecule has 0 bridgehead atoms. The molecule has 0 spiro atoms. The van der Waals surface area contributed by atoms with Crippen LogP contribution in [0.3, 0.4) is 0 Å². The topological polar surface area (TPSA) is 0 Å². The van der Waals surface area contributed by atoms with Gasteiger partial charge in [0, 0.05) is 0 Å². The Morgan fingerprint density at radius 3 is 2.82 bits per heavy atom. The number of rotatable bonds is 3. The molecule has 0 fully saturated rings. The molecule has 2 radical (unpaired) electrons. The van der Waals surface area contributed by atoms with Crippen molar-refractivity contribution in [3.63, 3.8) is 0 Å². The van der Waals surface area contributed by atoms with Crippen molar-refractivity contribution in [1.29, 1.82) is 0 Å². The second-order valence-corrected chi connectivity index (χ2v) is 2.52. The van der Waals surface area contributed by atoms with Gasteiger partial charge >= 0.3 is 0 Å². The zero-order chi connectivity index (χ0) is 8.10. The lowest BCUT2D eigenvalue weighted by molar-refractivity contribution is 0.624. The predicted molar refractivity (Wildman–Crippen MR) is 43.6 cm³/mol. The number of aryl methyl sites for hydroxylation is 1. The van der Waals surface area contributed by atoms with Crippen molar-refractivity contribution in [3.8, 4) is 0 Å². The van der Waals surface area contributed by atoms with Gasteiger partial charge in [-0.25, -0.2) is 4.39 Å². The molecule has 0 saturated carbocycles. The Morgan fingerprint density at radius 2 is 2.18 bits per heavy atom. The molecule has 0 aliphatic heterocycles. The predicted octanol–water partition coefficient (Wildman–Crippen LogP) is 2.86. The molecule has 58 valence electrons. The minimum Gasteiger partial charge on any atom is -0.207 e. The highest BCUT2D eigenvalue weighted by Gasteiger charge is 1.93. The van der Waals surface area contributed by atoms with Crippen molar-refractivity contribution in [1.82, 2.24) is 0 Å². The summed E-state index contributed by atoms with van der Waals surface area (Å²) in [6.07, 6.45) is 2.45. The van der Waals surface area contributed by atoms with Crippen LogP contribution in [0.25, 0.3) is 0 Å². The van der Waals surface area contributed by atoms with Crippen molar-refractivity contribution in [2.24, 2.45) is 0 Å². The Labute approximate surface area is 67.1 Å². The molecule has 0 unspecified atom stereocenters. The van der Waals surface area contributed by atoms with Crippen LogP contribution in [-0.4, -0.2) is 0 Å². The van der Waals surface area contributed by atoms with Gasteiger partial charge in [0.15, 0.2) is 0 Å². The van der Waals surface area contributed by atoms with Gasteiger partial charge in [0.05, 0.1) is 0 Å². The molecule has 1 heteroatoms. The van der Waals surface area contributed by atoms with Gasteiger partial charge in [-0.2, -0.15) is 0 Å². The molecule has 11 heavy (non-hydrogen) atoms. The van der Waals surface area contributed by atoms with Crippen molar-refractivity contribution in [2.45, 2.75) is 19.3 Å². The van der Waals surface area contributed by atoms with Crippen molar-refractivity contribution in [3.05, 3.63) is 42.6 Å². The SMILES string of the molecule is [CH]CCCc1cccc(F)c1. The van der Waals surface area contributed by atoms with Gasteiger partial charge in [-0.1, -0.05) is 12.1 Å². The summed E-state index contributed by atoms with van der Waals surface area (Å²) < 4.78 is 12.6. The van der Waals surface area contributed by atoms with E-state index >= 15 is 0 Å². The Bertz CT molecular complexity index is 218. The van der Waals surface area contributed by atoms with Crippen LogP contribution in [0.2, 0.25) is 0 Å². The summed E-state index contributed by atoms with van der Waals surface area (Å²) in [5, 5.41) is 0. The van der Waals surface area contributed by atoms with Crippen molar-refractivity contribution in [2.75, 3.05) is 0 Å². The first kappa shape index (κ1) is 8.25. The minimum atomic E-state index is -0.167. The fourth-order valence-electron chi connectivity index (χ4n) is 0.999. The highest BCUT2D eigenvalue weighted by Crippen LogP contribution is 2.06. The molecule has 0 saturated heterocycles. The van der Waals surface area contributed by atoms with Gasteiger partial charge in [0.1, 0.15) is 5.82 Å². The van der Waals surface area contributed by atoms with Crippen LogP contribution in [0.1, 0.15) is 18.4 Å². The number of unbranched alkanes of at least 4 members (excludes halogenated alkanes) is 1. The van der Waals surface area contributed by atoms with Crippen LogP contribution in [-0.2, 0) is 6.42 Å². The second kappa shape index (κ2) is 4.12. The van der Waals surface area contributed by atoms with Crippen LogP contribution < -0.4 is 0 Å². The molecule has 0 aliphatic carbocycles. The lowest BCUT2D eigenvalue weighted by Gasteiger charge is -1.97. The summed E-state index contributed by atoms with van der Waals surface area (Å²) in [6.45, 7) is 5.32.